The van der Waals surface area contributed by atoms with Gasteiger partial charge in [0, 0.05) is 25.7 Å². The molecule has 0 rings (SSSR count). The van der Waals surface area contributed by atoms with Gasteiger partial charge in [-0.1, -0.05) is 65.2 Å². The Labute approximate surface area is 192 Å². The second-order valence-corrected chi connectivity index (χ2v) is 8.05. The van der Waals surface area contributed by atoms with Crippen LogP contribution in [0.25, 0.3) is 0 Å². The van der Waals surface area contributed by atoms with Gasteiger partial charge < -0.3 is 19.3 Å². The van der Waals surface area contributed by atoms with Crippen molar-refractivity contribution in [1.82, 2.24) is 0 Å². The Bertz CT molecular complexity index is 532. The molecule has 0 aliphatic heterocycles. The van der Waals surface area contributed by atoms with E-state index in [-0.39, 0.29) is 44.9 Å². The van der Waals surface area contributed by atoms with Crippen LogP contribution in [-0.2, 0) is 33.4 Å². The molecule has 0 unspecified atom stereocenters. The van der Waals surface area contributed by atoms with Gasteiger partial charge in [-0.25, -0.2) is 0 Å². The van der Waals surface area contributed by atoms with Crippen LogP contribution in [0.1, 0.15) is 110 Å². The number of ether oxygens (including phenoxy) is 3. The number of rotatable bonds is 21. The largest absolute Gasteiger partial charge is 0.481 e. The summed E-state index contributed by atoms with van der Waals surface area (Å²) in [4.78, 5) is 46.4. The van der Waals surface area contributed by atoms with Crippen molar-refractivity contribution < 1.29 is 38.5 Å². The molecule has 0 saturated heterocycles. The first-order valence-electron chi connectivity index (χ1n) is 12.1. The fourth-order valence-electron chi connectivity index (χ4n) is 3.01. The summed E-state index contributed by atoms with van der Waals surface area (Å²) in [5.74, 6) is -2.33. The Balaban J connectivity index is 4.41. The molecule has 0 bridgehead atoms. The number of carboxylic acids is 1. The van der Waals surface area contributed by atoms with Gasteiger partial charge >= 0.3 is 23.9 Å². The predicted octanol–water partition coefficient (Wildman–Crippen LogP) is 4.96. The highest BCUT2D eigenvalue weighted by atomic mass is 16.6. The molecule has 0 aromatic carbocycles. The molecule has 32 heavy (non-hydrogen) atoms. The molecule has 0 fully saturated rings. The fraction of sp³-hybridized carbons (Fsp3) is 0.833. The lowest BCUT2D eigenvalue weighted by Gasteiger charge is -2.18. The lowest BCUT2D eigenvalue weighted by molar-refractivity contribution is -0.167. The van der Waals surface area contributed by atoms with Gasteiger partial charge in [0.2, 0.25) is 0 Å². The lowest BCUT2D eigenvalue weighted by Crippen LogP contribution is -2.30. The normalized spacial score (nSPS) is 11.6. The fourth-order valence-corrected chi connectivity index (χ4v) is 3.01. The summed E-state index contributed by atoms with van der Waals surface area (Å²) in [6.07, 6.45) is 9.75. The predicted molar refractivity (Wildman–Crippen MR) is 120 cm³/mol. The third-order valence-electron chi connectivity index (χ3n) is 4.90. The summed E-state index contributed by atoms with van der Waals surface area (Å²) in [5.41, 5.74) is 0. The van der Waals surface area contributed by atoms with E-state index in [4.69, 9.17) is 19.3 Å². The zero-order valence-corrected chi connectivity index (χ0v) is 19.9. The average molecular weight is 459 g/mol. The van der Waals surface area contributed by atoms with Gasteiger partial charge in [0.1, 0.15) is 13.2 Å². The molecule has 1 atom stereocenters. The lowest BCUT2D eigenvalue weighted by atomic mass is 10.1. The first kappa shape index (κ1) is 29.9. The first-order chi connectivity index (χ1) is 15.4. The van der Waals surface area contributed by atoms with Gasteiger partial charge in [-0.15, -0.1) is 0 Å². The summed E-state index contributed by atoms with van der Waals surface area (Å²) >= 11 is 0. The highest BCUT2D eigenvalue weighted by Gasteiger charge is 2.19. The van der Waals surface area contributed by atoms with E-state index in [0.717, 1.165) is 64.2 Å². The summed E-state index contributed by atoms with van der Waals surface area (Å²) in [6, 6.07) is 0. The third-order valence-corrected chi connectivity index (χ3v) is 4.90. The molecule has 186 valence electrons. The average Bonchev–Trinajstić information content (AvgIpc) is 2.75. The second kappa shape index (κ2) is 20.8. The maximum Gasteiger partial charge on any atom is 0.306 e. The molecule has 0 amide bonds. The van der Waals surface area contributed by atoms with Gasteiger partial charge in [-0.3, -0.25) is 19.2 Å². The maximum atomic E-state index is 12.1. The maximum absolute atomic E-state index is 12.1. The number of carbonyl (C=O) groups excluding carboxylic acids is 3. The number of aliphatic carboxylic acids is 1. The Kier molecular flexibility index (Phi) is 19.4. The number of carboxylic acid groups (broad SMARTS) is 1. The molecular formula is C24H42O8. The SMILES string of the molecule is CCCCCCCC(=O)OC[C@H](COC(=O)CCCC(=O)O)OC(=O)CCCCCCC. The molecule has 1 N–H and O–H groups in total. The van der Waals surface area contributed by atoms with E-state index in [2.05, 4.69) is 13.8 Å². The number of unbranched alkanes of at least 4 members (excludes halogenated alkanes) is 8. The second-order valence-electron chi connectivity index (χ2n) is 8.05. The van der Waals surface area contributed by atoms with Crippen LogP contribution in [-0.4, -0.2) is 48.3 Å². The monoisotopic (exact) mass is 458 g/mol. The van der Waals surface area contributed by atoms with Crippen LogP contribution in [0.2, 0.25) is 0 Å². The highest BCUT2D eigenvalue weighted by Crippen LogP contribution is 2.09. The molecule has 8 nitrogen and oxygen atoms in total. The number of esters is 3. The Morgan fingerprint density at radius 3 is 1.50 bits per heavy atom. The molecular weight excluding hydrogens is 416 g/mol. The van der Waals surface area contributed by atoms with Gasteiger partial charge in [0.15, 0.2) is 6.10 Å². The van der Waals surface area contributed by atoms with E-state index in [1.54, 1.807) is 0 Å². The molecule has 0 heterocycles. The van der Waals surface area contributed by atoms with Crippen LogP contribution in [0.5, 0.6) is 0 Å². The van der Waals surface area contributed by atoms with Crippen LogP contribution >= 0.6 is 0 Å². The number of hydrogen-bond acceptors (Lipinski definition) is 7. The summed E-state index contributed by atoms with van der Waals surface area (Å²) < 4.78 is 15.7. The standard InChI is InChI=1S/C24H42O8/c1-3-5-7-9-11-15-22(27)30-18-20(19-31-23(28)17-13-14-21(25)26)32-24(29)16-12-10-8-6-4-2/h20H,3-19H2,1-2H3,(H,25,26)/t20-/m1/s1. The zero-order valence-electron chi connectivity index (χ0n) is 19.9. The smallest absolute Gasteiger partial charge is 0.306 e. The zero-order chi connectivity index (χ0) is 24.0. The van der Waals surface area contributed by atoms with Crippen molar-refractivity contribution >= 4 is 23.9 Å². The number of hydrogen-bond donors (Lipinski definition) is 1. The molecule has 0 radical (unpaired) electrons. The van der Waals surface area contributed by atoms with E-state index in [1.165, 1.54) is 0 Å². The quantitative estimate of drug-likeness (QED) is 0.146. The van der Waals surface area contributed by atoms with Crippen molar-refractivity contribution in [3.63, 3.8) is 0 Å². The van der Waals surface area contributed by atoms with Gasteiger partial charge in [0.05, 0.1) is 0 Å². The summed E-state index contributed by atoms with van der Waals surface area (Å²) in [5, 5.41) is 8.63. The molecule has 0 aromatic rings. The van der Waals surface area contributed by atoms with Crippen molar-refractivity contribution in [2.45, 2.75) is 116 Å². The Morgan fingerprint density at radius 1 is 0.594 bits per heavy atom. The van der Waals surface area contributed by atoms with Crippen molar-refractivity contribution in [2.24, 2.45) is 0 Å². The van der Waals surface area contributed by atoms with E-state index >= 15 is 0 Å². The molecule has 0 spiro atoms. The first-order valence-corrected chi connectivity index (χ1v) is 12.1. The van der Waals surface area contributed by atoms with Crippen molar-refractivity contribution in [2.75, 3.05) is 13.2 Å². The van der Waals surface area contributed by atoms with Crippen LogP contribution in [0.3, 0.4) is 0 Å². The van der Waals surface area contributed by atoms with Gasteiger partial charge in [-0.2, -0.15) is 0 Å². The summed E-state index contributed by atoms with van der Waals surface area (Å²) in [7, 11) is 0. The third kappa shape index (κ3) is 19.8. The molecule has 0 aliphatic rings. The molecule has 0 aliphatic carbocycles. The topological polar surface area (TPSA) is 116 Å². The van der Waals surface area contributed by atoms with Crippen LogP contribution in [0, 0.1) is 0 Å². The van der Waals surface area contributed by atoms with E-state index < -0.39 is 24.0 Å². The number of carbonyl (C=O) groups is 4. The summed E-state index contributed by atoms with van der Waals surface area (Å²) in [6.45, 7) is 3.85. The van der Waals surface area contributed by atoms with Crippen LogP contribution < -0.4 is 0 Å². The van der Waals surface area contributed by atoms with Crippen molar-refractivity contribution in [3.8, 4) is 0 Å². The minimum Gasteiger partial charge on any atom is -0.481 e. The van der Waals surface area contributed by atoms with Crippen molar-refractivity contribution in [1.29, 1.82) is 0 Å². The molecule has 0 aromatic heterocycles. The van der Waals surface area contributed by atoms with Crippen LogP contribution in [0.4, 0.5) is 0 Å². The minimum atomic E-state index is -0.981. The van der Waals surface area contributed by atoms with E-state index in [1.807, 2.05) is 0 Å². The Hall–Kier alpha value is -2.12. The minimum absolute atomic E-state index is 0.0397. The van der Waals surface area contributed by atoms with Gasteiger partial charge in [-0.05, 0) is 19.3 Å². The highest BCUT2D eigenvalue weighted by molar-refractivity contribution is 5.72. The molecule has 0 saturated carbocycles. The van der Waals surface area contributed by atoms with Gasteiger partial charge in [0.25, 0.3) is 0 Å². The molecule has 8 heteroatoms. The van der Waals surface area contributed by atoms with Crippen molar-refractivity contribution in [3.05, 3.63) is 0 Å². The van der Waals surface area contributed by atoms with Crippen LogP contribution in [0.15, 0.2) is 0 Å². The van der Waals surface area contributed by atoms with E-state index in [9.17, 15) is 19.2 Å². The Morgan fingerprint density at radius 2 is 1.03 bits per heavy atom. The van der Waals surface area contributed by atoms with E-state index in [0.29, 0.717) is 6.42 Å².